The van der Waals surface area contributed by atoms with Crippen molar-refractivity contribution >= 4 is 0 Å². The molecule has 0 amide bonds. The molecule has 0 saturated heterocycles. The molecular formula is C20H29Cl2OTi. The molecule has 4 heteroatoms. The van der Waals surface area contributed by atoms with Crippen LogP contribution in [0.2, 0.25) is 0 Å². The summed E-state index contributed by atoms with van der Waals surface area (Å²) in [7, 11) is 0. The summed E-state index contributed by atoms with van der Waals surface area (Å²) in [5.41, 5.74) is 4.01. The van der Waals surface area contributed by atoms with Crippen LogP contribution in [-0.2, 0) is 26.5 Å². The van der Waals surface area contributed by atoms with E-state index in [1.165, 1.54) is 16.7 Å². The summed E-state index contributed by atoms with van der Waals surface area (Å²) in [5, 5.41) is 0. The predicted molar refractivity (Wildman–Crippen MR) is 90.0 cm³/mol. The molecule has 2 aliphatic carbocycles. The van der Waals surface area contributed by atoms with Crippen LogP contribution < -0.4 is 24.8 Å². The van der Waals surface area contributed by atoms with Gasteiger partial charge in [0.15, 0.2) is 0 Å². The Morgan fingerprint density at radius 1 is 1.25 bits per heavy atom. The van der Waals surface area contributed by atoms with Gasteiger partial charge in [-0.2, -0.15) is 6.08 Å². The van der Waals surface area contributed by atoms with Crippen LogP contribution in [0, 0.1) is 11.5 Å². The molecule has 2 aliphatic rings. The van der Waals surface area contributed by atoms with E-state index in [1.54, 1.807) is 0 Å². The van der Waals surface area contributed by atoms with Gasteiger partial charge in [0.1, 0.15) is 0 Å². The zero-order valence-corrected chi connectivity index (χ0v) is 18.6. The fourth-order valence-corrected chi connectivity index (χ4v) is 3.29. The van der Waals surface area contributed by atoms with Crippen LogP contribution in [0.5, 0.6) is 0 Å². The molecule has 1 unspecified atom stereocenters. The number of allylic oxidation sites excluding steroid dienone is 5. The van der Waals surface area contributed by atoms with Crippen LogP contribution in [-0.4, -0.2) is 12.2 Å². The summed E-state index contributed by atoms with van der Waals surface area (Å²) in [6, 6.07) is 0. The summed E-state index contributed by atoms with van der Waals surface area (Å²) in [6.45, 7) is 12.1. The molecule has 0 bridgehead atoms. The summed E-state index contributed by atoms with van der Waals surface area (Å²) >= 11 is 0. The molecule has 24 heavy (non-hydrogen) atoms. The Hall–Kier alpha value is 0.214. The van der Waals surface area contributed by atoms with Gasteiger partial charge in [-0.25, -0.2) is 11.6 Å². The van der Waals surface area contributed by atoms with E-state index in [4.69, 9.17) is 4.74 Å². The third-order valence-electron chi connectivity index (χ3n) is 4.25. The Morgan fingerprint density at radius 2 is 1.92 bits per heavy atom. The van der Waals surface area contributed by atoms with Gasteiger partial charge in [-0.1, -0.05) is 45.4 Å². The number of halogens is 2. The fourth-order valence-electron chi connectivity index (χ4n) is 3.29. The quantitative estimate of drug-likeness (QED) is 0.446. The molecule has 0 aliphatic heterocycles. The summed E-state index contributed by atoms with van der Waals surface area (Å²) in [4.78, 5) is 0. The number of hydrogen-bond donors (Lipinski definition) is 0. The average Bonchev–Trinajstić information content (AvgIpc) is 2.91. The van der Waals surface area contributed by atoms with Gasteiger partial charge in [0.2, 0.25) is 0 Å². The van der Waals surface area contributed by atoms with Crippen LogP contribution in [0.15, 0.2) is 41.0 Å². The van der Waals surface area contributed by atoms with Crippen LogP contribution in [0.3, 0.4) is 0 Å². The SMILES string of the molecule is CCCOC1(CC2=[C-]CC=C2)CC=C(C)C=C1C(C)(C)C.[Cl-].[Cl-].[Ti+3]. The van der Waals surface area contributed by atoms with E-state index >= 15 is 0 Å². The van der Waals surface area contributed by atoms with Crippen molar-refractivity contribution in [3.63, 3.8) is 0 Å². The van der Waals surface area contributed by atoms with Crippen LogP contribution >= 0.6 is 0 Å². The van der Waals surface area contributed by atoms with Crippen molar-refractivity contribution in [2.75, 3.05) is 6.61 Å². The summed E-state index contributed by atoms with van der Waals surface area (Å²) in [6.07, 6.45) is 16.5. The minimum atomic E-state index is -0.190. The minimum absolute atomic E-state index is 0. The summed E-state index contributed by atoms with van der Waals surface area (Å²) in [5.74, 6) is 0. The Balaban J connectivity index is 0. The second-order valence-corrected chi connectivity index (χ2v) is 7.29. The van der Waals surface area contributed by atoms with Gasteiger partial charge in [-0.3, -0.25) is 6.08 Å². The van der Waals surface area contributed by atoms with Crippen molar-refractivity contribution in [2.24, 2.45) is 5.41 Å². The average molecular weight is 404 g/mol. The van der Waals surface area contributed by atoms with Crippen LogP contribution in [0.25, 0.3) is 0 Å². The fraction of sp³-hybridized carbons (Fsp3) is 0.600. The van der Waals surface area contributed by atoms with E-state index in [9.17, 15) is 0 Å². The Kier molecular flexibility index (Phi) is 12.2. The molecule has 0 heterocycles. The smallest absolute Gasteiger partial charge is 1.00 e. The Bertz CT molecular complexity index is 512. The molecule has 2 rings (SSSR count). The monoisotopic (exact) mass is 403 g/mol. The van der Waals surface area contributed by atoms with Gasteiger partial charge in [0.25, 0.3) is 0 Å². The van der Waals surface area contributed by atoms with E-state index in [0.717, 1.165) is 32.3 Å². The first kappa shape index (κ1) is 26.4. The molecule has 1 atom stereocenters. The first-order valence-corrected chi connectivity index (χ1v) is 8.17. The second kappa shape index (κ2) is 11.0. The molecule has 133 valence electrons. The largest absolute Gasteiger partial charge is 3.00 e. The van der Waals surface area contributed by atoms with Gasteiger partial charge in [-0.15, -0.1) is 6.42 Å². The maximum atomic E-state index is 6.46. The Morgan fingerprint density at radius 3 is 2.42 bits per heavy atom. The molecule has 0 aromatic carbocycles. The van der Waals surface area contributed by atoms with Crippen molar-refractivity contribution in [3.8, 4) is 0 Å². The van der Waals surface area contributed by atoms with Gasteiger partial charge in [0.05, 0.1) is 5.60 Å². The summed E-state index contributed by atoms with van der Waals surface area (Å²) < 4.78 is 6.46. The normalized spacial score (nSPS) is 22.5. The first-order valence-electron chi connectivity index (χ1n) is 8.17. The van der Waals surface area contributed by atoms with Gasteiger partial charge >= 0.3 is 21.7 Å². The first-order chi connectivity index (χ1) is 9.87. The maximum absolute atomic E-state index is 6.46. The molecule has 0 spiro atoms. The van der Waals surface area contributed by atoms with E-state index in [2.05, 4.69) is 65.0 Å². The minimum Gasteiger partial charge on any atom is -1.00 e. The molecule has 0 saturated carbocycles. The predicted octanol–water partition coefficient (Wildman–Crippen LogP) is -0.441. The number of rotatable bonds is 5. The van der Waals surface area contributed by atoms with E-state index in [1.807, 2.05) is 0 Å². The van der Waals surface area contributed by atoms with E-state index < -0.39 is 0 Å². The van der Waals surface area contributed by atoms with Crippen LogP contribution in [0.4, 0.5) is 0 Å². The zero-order chi connectivity index (χ0) is 15.5. The molecule has 1 nitrogen and oxygen atoms in total. The number of ether oxygens (including phenoxy) is 1. The molecule has 0 fully saturated rings. The second-order valence-electron chi connectivity index (χ2n) is 7.29. The third-order valence-corrected chi connectivity index (χ3v) is 4.25. The van der Waals surface area contributed by atoms with E-state index in [0.29, 0.717) is 0 Å². The van der Waals surface area contributed by atoms with Crippen molar-refractivity contribution in [2.45, 2.75) is 65.9 Å². The van der Waals surface area contributed by atoms with Crippen LogP contribution in [0.1, 0.15) is 60.3 Å². The van der Waals surface area contributed by atoms with Crippen molar-refractivity contribution < 1.29 is 51.3 Å². The standard InChI is InChI=1S/C20H29O.2ClH.Ti/c1-6-13-21-20(15-17-9-7-8-10-17)12-11-16(2)14-18(20)19(3,4)5;;;/h7,9,11,14H,6,8,12-13,15H2,1-5H3;2*1H;/q-1;;;+3/p-2. The van der Waals surface area contributed by atoms with Gasteiger partial charge in [-0.05, 0) is 37.2 Å². The number of hydrogen-bond acceptors (Lipinski definition) is 1. The Labute approximate surface area is 175 Å². The van der Waals surface area contributed by atoms with Gasteiger partial charge < -0.3 is 29.6 Å². The molecule has 1 radical (unpaired) electrons. The van der Waals surface area contributed by atoms with Crippen molar-refractivity contribution in [1.82, 2.24) is 0 Å². The molecular weight excluding hydrogens is 375 g/mol. The third kappa shape index (κ3) is 6.50. The van der Waals surface area contributed by atoms with E-state index in [-0.39, 0.29) is 57.5 Å². The van der Waals surface area contributed by atoms with Crippen molar-refractivity contribution in [1.29, 1.82) is 0 Å². The van der Waals surface area contributed by atoms with Gasteiger partial charge in [0, 0.05) is 6.61 Å². The maximum Gasteiger partial charge on any atom is 3.00 e. The van der Waals surface area contributed by atoms with Crippen molar-refractivity contribution in [3.05, 3.63) is 47.1 Å². The molecule has 0 aromatic rings. The molecule has 0 aromatic heterocycles. The zero-order valence-electron chi connectivity index (χ0n) is 15.5. The molecule has 0 N–H and O–H groups in total. The topological polar surface area (TPSA) is 9.23 Å².